The number of nitrogens with two attached hydrogens (primary N) is 2. The van der Waals surface area contributed by atoms with Crippen molar-refractivity contribution in [2.75, 3.05) is 23.7 Å². The van der Waals surface area contributed by atoms with E-state index in [0.29, 0.717) is 25.2 Å². The number of primary sulfonamides is 1. The SMILES string of the molecule is NCCS(=O)(=O)c1ccc(-c2cccc(N3CCCC3=O)n2)c(-c2nn[nH]n2)c1S(N)(=O)=O.O=C(O)C(F)(F)F. The first kappa shape index (κ1) is 30.5. The van der Waals surface area contributed by atoms with Crippen molar-refractivity contribution < 1.29 is 44.7 Å². The van der Waals surface area contributed by atoms with Crippen LogP contribution in [0, 0.1) is 0 Å². The summed E-state index contributed by atoms with van der Waals surface area (Å²) in [5, 5.41) is 26.0. The third kappa shape index (κ3) is 6.76. The van der Waals surface area contributed by atoms with Crippen molar-refractivity contribution in [3.05, 3.63) is 30.3 Å². The highest BCUT2D eigenvalue weighted by Gasteiger charge is 2.38. The number of carboxylic acid groups (broad SMARTS) is 1. The molecule has 0 saturated carbocycles. The molecule has 4 rings (SSSR count). The largest absolute Gasteiger partial charge is 0.490 e. The lowest BCUT2D eigenvalue weighted by molar-refractivity contribution is -0.192. The fourth-order valence-electron chi connectivity index (χ4n) is 3.67. The van der Waals surface area contributed by atoms with Gasteiger partial charge < -0.3 is 10.8 Å². The van der Waals surface area contributed by atoms with E-state index in [-0.39, 0.29) is 35.1 Å². The second-order valence-corrected chi connectivity index (χ2v) is 11.6. The van der Waals surface area contributed by atoms with Crippen LogP contribution < -0.4 is 15.8 Å². The zero-order valence-electron chi connectivity index (χ0n) is 20.2. The van der Waals surface area contributed by atoms with Gasteiger partial charge >= 0.3 is 12.1 Å². The minimum Gasteiger partial charge on any atom is -0.475 e. The fraction of sp³-hybridized carbons (Fsp3) is 0.300. The number of sulfonamides is 1. The molecule has 1 saturated heterocycles. The van der Waals surface area contributed by atoms with E-state index in [1.54, 1.807) is 18.2 Å². The van der Waals surface area contributed by atoms with Crippen molar-refractivity contribution in [3.63, 3.8) is 0 Å². The minimum absolute atomic E-state index is 0.0773. The van der Waals surface area contributed by atoms with Crippen LogP contribution in [0.15, 0.2) is 40.1 Å². The van der Waals surface area contributed by atoms with Crippen LogP contribution in [0.3, 0.4) is 0 Å². The number of halogens is 3. The average Bonchev–Trinajstić information content (AvgIpc) is 3.54. The highest BCUT2D eigenvalue weighted by atomic mass is 32.2. The minimum atomic E-state index is -5.08. The number of amides is 1. The van der Waals surface area contributed by atoms with Crippen LogP contribution >= 0.6 is 0 Å². The number of hydrogen-bond acceptors (Lipinski definition) is 11. The Hall–Kier alpha value is -4.01. The van der Waals surface area contributed by atoms with E-state index in [4.69, 9.17) is 20.8 Å². The number of rotatable bonds is 7. The Morgan fingerprint density at radius 3 is 2.33 bits per heavy atom. The van der Waals surface area contributed by atoms with Crippen molar-refractivity contribution in [3.8, 4) is 22.6 Å². The smallest absolute Gasteiger partial charge is 0.475 e. The van der Waals surface area contributed by atoms with Gasteiger partial charge in [0.25, 0.3) is 0 Å². The van der Waals surface area contributed by atoms with E-state index in [1.807, 2.05) is 0 Å². The molecular weight excluding hydrogens is 585 g/mol. The van der Waals surface area contributed by atoms with Gasteiger partial charge in [-0.15, -0.1) is 10.2 Å². The molecule has 0 unspecified atom stereocenters. The molecule has 0 atom stereocenters. The first-order chi connectivity index (χ1) is 18.6. The summed E-state index contributed by atoms with van der Waals surface area (Å²) in [5.74, 6) is -3.14. The van der Waals surface area contributed by atoms with Gasteiger partial charge in [-0.3, -0.25) is 9.69 Å². The lowest BCUT2D eigenvalue weighted by atomic mass is 10.0. The summed E-state index contributed by atoms with van der Waals surface area (Å²) in [4.78, 5) is 25.9. The normalized spacial score (nSPS) is 14.1. The lowest BCUT2D eigenvalue weighted by Crippen LogP contribution is -2.24. The van der Waals surface area contributed by atoms with Crippen LogP contribution in [0.1, 0.15) is 12.8 Å². The van der Waals surface area contributed by atoms with Crippen molar-refractivity contribution in [2.45, 2.75) is 28.8 Å². The maximum Gasteiger partial charge on any atom is 0.490 e. The number of hydrogen-bond donors (Lipinski definition) is 4. The molecule has 1 aliphatic heterocycles. The zero-order valence-corrected chi connectivity index (χ0v) is 21.8. The molecule has 3 aromatic rings. The molecule has 40 heavy (non-hydrogen) atoms. The molecule has 0 bridgehead atoms. The molecule has 0 radical (unpaired) electrons. The number of nitrogens with one attached hydrogen (secondary N) is 1. The maximum absolute atomic E-state index is 12.8. The van der Waals surface area contributed by atoms with E-state index in [9.17, 15) is 34.8 Å². The molecule has 3 heterocycles. The number of alkyl halides is 3. The van der Waals surface area contributed by atoms with Crippen LogP contribution in [0.2, 0.25) is 0 Å². The highest BCUT2D eigenvalue weighted by Crippen LogP contribution is 2.39. The molecule has 1 aliphatic rings. The number of benzene rings is 1. The number of aromatic nitrogens is 5. The second-order valence-electron chi connectivity index (χ2n) is 8.04. The highest BCUT2D eigenvalue weighted by molar-refractivity contribution is 7.93. The van der Waals surface area contributed by atoms with Crippen molar-refractivity contribution in [1.82, 2.24) is 25.6 Å². The molecule has 0 aliphatic carbocycles. The van der Waals surface area contributed by atoms with Crippen LogP contribution in [-0.4, -0.2) is 84.4 Å². The van der Waals surface area contributed by atoms with Crippen molar-refractivity contribution >= 4 is 37.6 Å². The van der Waals surface area contributed by atoms with Gasteiger partial charge in [0.05, 0.1) is 21.9 Å². The quantitative estimate of drug-likeness (QED) is 0.279. The monoisotopic (exact) mass is 606 g/mol. The van der Waals surface area contributed by atoms with Gasteiger partial charge in [-0.1, -0.05) is 12.1 Å². The lowest BCUT2D eigenvalue weighted by Gasteiger charge is -2.18. The van der Waals surface area contributed by atoms with E-state index in [1.165, 1.54) is 11.0 Å². The predicted octanol–water partition coefficient (Wildman–Crippen LogP) is 0.0686. The van der Waals surface area contributed by atoms with E-state index in [0.717, 1.165) is 6.07 Å². The number of carbonyl (C=O) groups excluding carboxylic acids is 1. The Kier molecular flexibility index (Phi) is 8.87. The molecular formula is C20H21F3N8O7S2. The summed E-state index contributed by atoms with van der Waals surface area (Å²) in [6, 6.07) is 7.42. The Balaban J connectivity index is 0.000000559. The van der Waals surface area contributed by atoms with Crippen molar-refractivity contribution in [2.24, 2.45) is 10.9 Å². The molecule has 2 aromatic heterocycles. The van der Waals surface area contributed by atoms with Gasteiger partial charge in [0.2, 0.25) is 21.8 Å². The summed E-state index contributed by atoms with van der Waals surface area (Å²) in [6.45, 7) is 0.283. The molecule has 1 fully saturated rings. The summed E-state index contributed by atoms with van der Waals surface area (Å²) in [5.41, 5.74) is 5.69. The van der Waals surface area contributed by atoms with E-state index < -0.39 is 47.5 Å². The van der Waals surface area contributed by atoms with Crippen molar-refractivity contribution in [1.29, 1.82) is 0 Å². The molecule has 216 valence electrons. The van der Waals surface area contributed by atoms with Crippen LogP contribution in [-0.2, 0) is 29.4 Å². The average molecular weight is 607 g/mol. The molecule has 6 N–H and O–H groups in total. The van der Waals surface area contributed by atoms with Gasteiger partial charge in [0.1, 0.15) is 10.7 Å². The molecule has 1 amide bonds. The molecule has 1 aromatic carbocycles. The number of anilines is 1. The number of aromatic amines is 1. The van der Waals surface area contributed by atoms with Crippen LogP contribution in [0.5, 0.6) is 0 Å². The number of sulfone groups is 1. The van der Waals surface area contributed by atoms with Gasteiger partial charge in [-0.25, -0.2) is 31.8 Å². The summed E-state index contributed by atoms with van der Waals surface area (Å²) in [6.07, 6.45) is -3.98. The molecule has 0 spiro atoms. The third-order valence-corrected chi connectivity index (χ3v) is 8.21. The number of carboxylic acids is 1. The molecule has 20 heteroatoms. The Morgan fingerprint density at radius 1 is 1.15 bits per heavy atom. The van der Waals surface area contributed by atoms with Gasteiger partial charge in [-0.2, -0.15) is 18.4 Å². The summed E-state index contributed by atoms with van der Waals surface area (Å²) < 4.78 is 82.6. The van der Waals surface area contributed by atoms with E-state index >= 15 is 0 Å². The van der Waals surface area contributed by atoms with Crippen LogP contribution in [0.25, 0.3) is 22.6 Å². The Labute approximate surface area is 224 Å². The first-order valence-corrected chi connectivity index (χ1v) is 14.2. The number of pyridine rings is 1. The Bertz CT molecular complexity index is 1630. The maximum atomic E-state index is 12.8. The summed E-state index contributed by atoms with van der Waals surface area (Å²) in [7, 11) is -8.70. The zero-order chi connectivity index (χ0) is 29.9. The van der Waals surface area contributed by atoms with Gasteiger partial charge in [-0.05, 0) is 29.8 Å². The first-order valence-electron chi connectivity index (χ1n) is 11.0. The number of aliphatic carboxylic acids is 1. The number of tetrazole rings is 1. The second kappa shape index (κ2) is 11.6. The van der Waals surface area contributed by atoms with Gasteiger partial charge in [0, 0.05) is 25.1 Å². The standard InChI is InChI=1S/C18H20N8O5S2.C2HF3O2/c19-8-10-32(28,29)13-7-6-11(16(17(13)33(20,30)31)18-22-24-25-23-18)12-3-1-4-14(21-12)26-9-2-5-15(26)27;3-2(4,5)1(6)7/h1,3-4,6-7H,2,5,8-10,19H2,(H2,20,30,31)(H,22,23,24,25);(H,6,7). The predicted molar refractivity (Wildman–Crippen MR) is 131 cm³/mol. The topological polar surface area (TPSA) is 245 Å². The van der Waals surface area contributed by atoms with Gasteiger partial charge in [0.15, 0.2) is 9.84 Å². The van der Waals surface area contributed by atoms with E-state index in [2.05, 4.69) is 25.6 Å². The number of carbonyl (C=O) groups is 2. The number of nitrogens with zero attached hydrogens (tertiary/aromatic N) is 5. The molecule has 15 nitrogen and oxygen atoms in total. The third-order valence-electron chi connectivity index (χ3n) is 5.30. The Morgan fingerprint density at radius 2 is 1.82 bits per heavy atom. The van der Waals surface area contributed by atoms with Crippen LogP contribution in [0.4, 0.5) is 19.0 Å². The number of H-pyrrole nitrogens is 1. The summed E-state index contributed by atoms with van der Waals surface area (Å²) >= 11 is 0. The fourth-order valence-corrected chi connectivity index (χ4v) is 6.43.